The van der Waals surface area contributed by atoms with Crippen molar-refractivity contribution in [1.29, 1.82) is 0 Å². The van der Waals surface area contributed by atoms with Crippen molar-refractivity contribution in [3.8, 4) is 11.3 Å². The van der Waals surface area contributed by atoms with Gasteiger partial charge in [-0.05, 0) is 29.8 Å². The van der Waals surface area contributed by atoms with Crippen LogP contribution in [0, 0.1) is 11.6 Å². The van der Waals surface area contributed by atoms with Crippen LogP contribution >= 0.6 is 11.8 Å². The van der Waals surface area contributed by atoms with Crippen LogP contribution in [0.15, 0.2) is 48.7 Å². The molecule has 1 aliphatic heterocycles. The molecule has 1 amide bonds. The van der Waals surface area contributed by atoms with Crippen LogP contribution in [0.1, 0.15) is 15.9 Å². The van der Waals surface area contributed by atoms with Crippen LogP contribution in [0.2, 0.25) is 0 Å². The maximum atomic E-state index is 14.2. The van der Waals surface area contributed by atoms with Gasteiger partial charge >= 0.3 is 0 Å². The first-order valence-electron chi connectivity index (χ1n) is 9.69. The van der Waals surface area contributed by atoms with Crippen molar-refractivity contribution in [3.63, 3.8) is 0 Å². The molecule has 3 aromatic rings. The van der Waals surface area contributed by atoms with Crippen molar-refractivity contribution in [2.75, 3.05) is 29.9 Å². The molecule has 8 heteroatoms. The van der Waals surface area contributed by atoms with Crippen LogP contribution in [-0.4, -0.2) is 45.2 Å². The van der Waals surface area contributed by atoms with E-state index in [-0.39, 0.29) is 16.8 Å². The molecule has 1 saturated heterocycles. The molecule has 2 heterocycles. The first kappa shape index (κ1) is 20.6. The van der Waals surface area contributed by atoms with Gasteiger partial charge in [0.15, 0.2) is 0 Å². The number of benzene rings is 2. The number of nitrogens with one attached hydrogen (secondary N) is 1. The van der Waals surface area contributed by atoms with Crippen LogP contribution in [0.25, 0.3) is 11.3 Å². The van der Waals surface area contributed by atoms with Gasteiger partial charge in [0.1, 0.15) is 17.3 Å². The molecule has 30 heavy (non-hydrogen) atoms. The fourth-order valence-electron chi connectivity index (χ4n) is 3.44. The highest BCUT2D eigenvalue weighted by atomic mass is 32.2. The summed E-state index contributed by atoms with van der Waals surface area (Å²) >= 11 is 1.98. The highest BCUT2D eigenvalue weighted by molar-refractivity contribution is 7.99. The van der Waals surface area contributed by atoms with Crippen LogP contribution in [0.3, 0.4) is 0 Å². The Kier molecular flexibility index (Phi) is 6.15. The highest BCUT2D eigenvalue weighted by Gasteiger charge is 2.20. The smallest absolute Gasteiger partial charge is 0.259 e. The summed E-state index contributed by atoms with van der Waals surface area (Å²) in [4.78, 5) is 15.2. The van der Waals surface area contributed by atoms with Gasteiger partial charge in [0.25, 0.3) is 5.91 Å². The maximum Gasteiger partial charge on any atom is 0.259 e. The molecule has 0 spiro atoms. The van der Waals surface area contributed by atoms with Crippen molar-refractivity contribution < 1.29 is 13.6 Å². The van der Waals surface area contributed by atoms with E-state index in [2.05, 4.69) is 15.3 Å². The summed E-state index contributed by atoms with van der Waals surface area (Å²) < 4.78 is 28.9. The highest BCUT2D eigenvalue weighted by Crippen LogP contribution is 2.26. The van der Waals surface area contributed by atoms with Gasteiger partial charge in [-0.2, -0.15) is 16.9 Å². The fraction of sp³-hybridized carbons (Fsp3) is 0.273. The third-order valence-electron chi connectivity index (χ3n) is 4.98. The molecule has 0 atom stereocenters. The number of hydrogen-bond donors (Lipinski definition) is 1. The predicted octanol–water partition coefficient (Wildman–Crippen LogP) is 4.17. The second-order valence-electron chi connectivity index (χ2n) is 7.23. The second kappa shape index (κ2) is 8.97. The van der Waals surface area contributed by atoms with Gasteiger partial charge in [-0.3, -0.25) is 14.4 Å². The SMILES string of the molecule is Cn1cc(C(=O)Nc2ccc(CN3CCSCC3)cc2)c(-c2ccc(F)cc2F)n1. The third-order valence-corrected chi connectivity index (χ3v) is 5.92. The molecule has 0 bridgehead atoms. The predicted molar refractivity (Wildman–Crippen MR) is 116 cm³/mol. The summed E-state index contributed by atoms with van der Waals surface area (Å²) in [7, 11) is 1.65. The summed E-state index contributed by atoms with van der Waals surface area (Å²) in [6.07, 6.45) is 1.52. The standard InChI is InChI=1S/C22H22F2N4OS/c1-27-14-19(21(26-27)18-7-4-16(23)12-20(18)24)22(29)25-17-5-2-15(3-6-17)13-28-8-10-30-11-9-28/h2-7,12,14H,8-11,13H2,1H3,(H,25,29). The third kappa shape index (κ3) is 4.71. The molecule has 156 valence electrons. The number of amides is 1. The van der Waals surface area contributed by atoms with E-state index in [0.717, 1.165) is 43.3 Å². The van der Waals surface area contributed by atoms with Crippen molar-refractivity contribution >= 4 is 23.4 Å². The molecule has 1 fully saturated rings. The van der Waals surface area contributed by atoms with Crippen LogP contribution in [0.5, 0.6) is 0 Å². The van der Waals surface area contributed by atoms with E-state index in [1.54, 1.807) is 7.05 Å². The number of carbonyl (C=O) groups is 1. The van der Waals surface area contributed by atoms with E-state index in [1.807, 2.05) is 36.0 Å². The van der Waals surface area contributed by atoms with Gasteiger partial charge in [0.2, 0.25) is 0 Å². The zero-order valence-electron chi connectivity index (χ0n) is 16.6. The van der Waals surface area contributed by atoms with Crippen LogP contribution in [0.4, 0.5) is 14.5 Å². The summed E-state index contributed by atoms with van der Waals surface area (Å²) in [6.45, 7) is 3.07. The van der Waals surface area contributed by atoms with Gasteiger partial charge in [-0.1, -0.05) is 12.1 Å². The molecule has 0 unspecified atom stereocenters. The minimum Gasteiger partial charge on any atom is -0.322 e. The summed E-state index contributed by atoms with van der Waals surface area (Å²) in [5.41, 5.74) is 2.31. The topological polar surface area (TPSA) is 50.2 Å². The van der Waals surface area contributed by atoms with Crippen molar-refractivity contribution in [1.82, 2.24) is 14.7 Å². The number of nitrogens with zero attached hydrogens (tertiary/aromatic N) is 3. The van der Waals surface area contributed by atoms with E-state index in [9.17, 15) is 13.6 Å². The molecule has 0 radical (unpaired) electrons. The Morgan fingerprint density at radius 2 is 1.87 bits per heavy atom. The molecular weight excluding hydrogens is 406 g/mol. The molecule has 1 aliphatic rings. The molecule has 4 rings (SSSR count). The quantitative estimate of drug-likeness (QED) is 0.663. The molecule has 1 aromatic heterocycles. The normalized spacial score (nSPS) is 14.6. The van der Waals surface area contributed by atoms with Gasteiger partial charge in [0.05, 0.1) is 5.56 Å². The van der Waals surface area contributed by atoms with Crippen LogP contribution in [-0.2, 0) is 13.6 Å². The summed E-state index contributed by atoms with van der Waals surface area (Å²) in [6, 6.07) is 10.9. The molecule has 5 nitrogen and oxygen atoms in total. The average molecular weight is 429 g/mol. The Bertz CT molecular complexity index is 1050. The maximum absolute atomic E-state index is 14.2. The molecule has 1 N–H and O–H groups in total. The molecule has 0 saturated carbocycles. The Hall–Kier alpha value is -2.71. The largest absolute Gasteiger partial charge is 0.322 e. The summed E-state index contributed by atoms with van der Waals surface area (Å²) in [5, 5.41) is 7.04. The second-order valence-corrected chi connectivity index (χ2v) is 8.45. The zero-order valence-corrected chi connectivity index (χ0v) is 17.4. The lowest BCUT2D eigenvalue weighted by atomic mass is 10.1. The minimum atomic E-state index is -0.761. The van der Waals surface area contributed by atoms with Crippen molar-refractivity contribution in [2.45, 2.75) is 6.54 Å². The van der Waals surface area contributed by atoms with E-state index >= 15 is 0 Å². The van der Waals surface area contributed by atoms with Crippen molar-refractivity contribution in [2.24, 2.45) is 7.05 Å². The van der Waals surface area contributed by atoms with Gasteiger partial charge in [-0.25, -0.2) is 8.78 Å². The van der Waals surface area contributed by atoms with E-state index in [0.29, 0.717) is 5.69 Å². The molecule has 0 aliphatic carbocycles. The van der Waals surface area contributed by atoms with Gasteiger partial charge < -0.3 is 5.32 Å². The monoisotopic (exact) mass is 428 g/mol. The lowest BCUT2D eigenvalue weighted by molar-refractivity contribution is 0.102. The van der Waals surface area contributed by atoms with E-state index in [1.165, 1.54) is 22.5 Å². The Morgan fingerprint density at radius 1 is 1.13 bits per heavy atom. The number of carbonyl (C=O) groups excluding carboxylic acids is 1. The lowest BCUT2D eigenvalue weighted by Crippen LogP contribution is -2.31. The number of halogens is 2. The van der Waals surface area contributed by atoms with Gasteiger partial charge in [-0.15, -0.1) is 0 Å². The lowest BCUT2D eigenvalue weighted by Gasteiger charge is -2.26. The Morgan fingerprint density at radius 3 is 2.57 bits per heavy atom. The number of aryl methyl sites for hydroxylation is 1. The van der Waals surface area contributed by atoms with E-state index in [4.69, 9.17) is 0 Å². The van der Waals surface area contributed by atoms with Crippen LogP contribution < -0.4 is 5.32 Å². The Balaban J connectivity index is 1.49. The number of rotatable bonds is 5. The molecular formula is C22H22F2N4OS. The summed E-state index contributed by atoms with van der Waals surface area (Å²) in [5.74, 6) is 0.486. The van der Waals surface area contributed by atoms with E-state index < -0.39 is 17.5 Å². The fourth-order valence-corrected chi connectivity index (χ4v) is 4.42. The number of anilines is 1. The number of hydrogen-bond acceptors (Lipinski definition) is 4. The Labute approximate surface area is 178 Å². The average Bonchev–Trinajstić information content (AvgIpc) is 3.12. The molecule has 2 aromatic carbocycles. The number of thioether (sulfide) groups is 1. The zero-order chi connectivity index (χ0) is 21.1. The first-order chi connectivity index (χ1) is 14.5. The van der Waals surface area contributed by atoms with Gasteiger partial charge in [0, 0.05) is 61.7 Å². The first-order valence-corrected chi connectivity index (χ1v) is 10.8. The minimum absolute atomic E-state index is 0.0807. The van der Waals surface area contributed by atoms with Crippen molar-refractivity contribution in [3.05, 3.63) is 71.4 Å². The number of aromatic nitrogens is 2.